The van der Waals surface area contributed by atoms with Crippen molar-refractivity contribution in [2.24, 2.45) is 5.73 Å². The lowest BCUT2D eigenvalue weighted by molar-refractivity contribution is 0.305. The molecule has 0 amide bonds. The molecule has 1 heterocycles. The summed E-state index contributed by atoms with van der Waals surface area (Å²) >= 11 is 3.38. The lowest BCUT2D eigenvalue weighted by Crippen LogP contribution is -2.05. The van der Waals surface area contributed by atoms with Crippen LogP contribution in [-0.4, -0.2) is 4.98 Å². The van der Waals surface area contributed by atoms with E-state index in [0.29, 0.717) is 6.61 Å². The fraction of sp³-hybridized carbons (Fsp3) is 0.214. The molecule has 0 saturated heterocycles. The molecular weight excluding hydrogens is 292 g/mol. The van der Waals surface area contributed by atoms with Gasteiger partial charge in [-0.05, 0) is 46.6 Å². The van der Waals surface area contributed by atoms with E-state index < -0.39 is 0 Å². The van der Waals surface area contributed by atoms with Crippen LogP contribution in [0.2, 0.25) is 0 Å². The topological polar surface area (TPSA) is 48.1 Å². The normalized spacial score (nSPS) is 12.2. The van der Waals surface area contributed by atoms with Gasteiger partial charge in [-0.15, -0.1) is 0 Å². The van der Waals surface area contributed by atoms with E-state index in [-0.39, 0.29) is 6.04 Å². The molecule has 94 valence electrons. The molecular formula is C14H15BrN2O. The van der Waals surface area contributed by atoms with Crippen LogP contribution in [0.4, 0.5) is 0 Å². The molecule has 2 rings (SSSR count). The van der Waals surface area contributed by atoms with Crippen molar-refractivity contribution in [1.82, 2.24) is 4.98 Å². The average molecular weight is 307 g/mol. The Morgan fingerprint density at radius 3 is 2.89 bits per heavy atom. The third-order valence-electron chi connectivity index (χ3n) is 2.55. The summed E-state index contributed by atoms with van der Waals surface area (Å²) in [5.41, 5.74) is 7.93. The summed E-state index contributed by atoms with van der Waals surface area (Å²) in [6, 6.07) is 9.85. The van der Waals surface area contributed by atoms with Gasteiger partial charge in [0.15, 0.2) is 0 Å². The Morgan fingerprint density at radius 1 is 1.33 bits per heavy atom. The van der Waals surface area contributed by atoms with Crippen LogP contribution in [0, 0.1) is 0 Å². The molecule has 0 aliphatic heterocycles. The number of halogens is 1. The van der Waals surface area contributed by atoms with Gasteiger partial charge in [-0.1, -0.05) is 12.1 Å². The predicted octanol–water partition coefficient (Wildman–Crippen LogP) is 3.44. The molecule has 1 aromatic heterocycles. The number of hydrogen-bond donors (Lipinski definition) is 1. The smallest absolute Gasteiger partial charge is 0.120 e. The maximum absolute atomic E-state index is 5.84. The number of nitrogens with zero attached hydrogens (tertiary/aromatic N) is 1. The zero-order valence-electron chi connectivity index (χ0n) is 10.1. The lowest BCUT2D eigenvalue weighted by atomic mass is 10.1. The minimum atomic E-state index is 0.0149. The number of aromatic nitrogens is 1. The van der Waals surface area contributed by atoms with E-state index in [1.165, 1.54) is 0 Å². The Bertz CT molecular complexity index is 529. The van der Waals surface area contributed by atoms with Crippen molar-refractivity contribution in [3.63, 3.8) is 0 Å². The molecule has 0 aliphatic rings. The van der Waals surface area contributed by atoms with Crippen molar-refractivity contribution in [1.29, 1.82) is 0 Å². The number of pyridine rings is 1. The van der Waals surface area contributed by atoms with Gasteiger partial charge in [0.25, 0.3) is 0 Å². The minimum absolute atomic E-state index is 0.0149. The number of hydrogen-bond acceptors (Lipinski definition) is 3. The van der Waals surface area contributed by atoms with E-state index in [1.54, 1.807) is 12.4 Å². The highest BCUT2D eigenvalue weighted by Crippen LogP contribution is 2.19. The average Bonchev–Trinajstić information content (AvgIpc) is 2.37. The van der Waals surface area contributed by atoms with Gasteiger partial charge in [-0.25, -0.2) is 0 Å². The third-order valence-corrected chi connectivity index (χ3v) is 2.98. The second kappa shape index (κ2) is 5.98. The van der Waals surface area contributed by atoms with Crippen LogP contribution in [0.3, 0.4) is 0 Å². The summed E-state index contributed by atoms with van der Waals surface area (Å²) in [6.07, 6.45) is 3.54. The Labute approximate surface area is 115 Å². The standard InChI is InChI=1S/C14H15BrN2O/c1-10(16)12-3-2-4-14(6-12)18-9-11-5-13(15)8-17-7-11/h2-8,10H,9,16H2,1H3/t10-/m0/s1. The molecule has 0 spiro atoms. The summed E-state index contributed by atoms with van der Waals surface area (Å²) in [7, 11) is 0. The first-order valence-corrected chi connectivity index (χ1v) is 6.52. The van der Waals surface area contributed by atoms with Crippen LogP contribution in [0.15, 0.2) is 47.2 Å². The van der Waals surface area contributed by atoms with Crippen molar-refractivity contribution in [3.8, 4) is 5.75 Å². The second-order valence-corrected chi connectivity index (χ2v) is 5.08. The largest absolute Gasteiger partial charge is 0.489 e. The summed E-state index contributed by atoms with van der Waals surface area (Å²) in [5.74, 6) is 0.824. The fourth-order valence-electron chi connectivity index (χ4n) is 1.59. The third kappa shape index (κ3) is 3.55. The fourth-order valence-corrected chi connectivity index (χ4v) is 2.00. The number of ether oxygens (including phenoxy) is 1. The van der Waals surface area contributed by atoms with E-state index in [1.807, 2.05) is 37.3 Å². The van der Waals surface area contributed by atoms with Gasteiger partial charge in [0.05, 0.1) is 0 Å². The molecule has 0 radical (unpaired) electrons. The first-order valence-electron chi connectivity index (χ1n) is 5.73. The molecule has 2 N–H and O–H groups in total. The molecule has 0 unspecified atom stereocenters. The van der Waals surface area contributed by atoms with Crippen LogP contribution in [0.5, 0.6) is 5.75 Å². The van der Waals surface area contributed by atoms with Crippen molar-refractivity contribution in [2.45, 2.75) is 19.6 Å². The first kappa shape index (κ1) is 13.1. The highest BCUT2D eigenvalue weighted by molar-refractivity contribution is 9.10. The number of rotatable bonds is 4. The van der Waals surface area contributed by atoms with Gasteiger partial charge in [0.1, 0.15) is 12.4 Å². The van der Waals surface area contributed by atoms with Gasteiger partial charge in [-0.3, -0.25) is 4.98 Å². The Balaban J connectivity index is 2.04. The van der Waals surface area contributed by atoms with Crippen LogP contribution < -0.4 is 10.5 Å². The summed E-state index contributed by atoms with van der Waals surface area (Å²) in [4.78, 5) is 4.10. The number of nitrogens with two attached hydrogens (primary N) is 1. The highest BCUT2D eigenvalue weighted by Gasteiger charge is 2.02. The highest BCUT2D eigenvalue weighted by atomic mass is 79.9. The monoisotopic (exact) mass is 306 g/mol. The molecule has 4 heteroatoms. The van der Waals surface area contributed by atoms with E-state index in [9.17, 15) is 0 Å². The molecule has 3 nitrogen and oxygen atoms in total. The first-order chi connectivity index (χ1) is 8.65. The molecule has 0 bridgehead atoms. The van der Waals surface area contributed by atoms with Crippen molar-refractivity contribution >= 4 is 15.9 Å². The van der Waals surface area contributed by atoms with Crippen molar-refractivity contribution < 1.29 is 4.74 Å². The van der Waals surface area contributed by atoms with Crippen molar-refractivity contribution in [3.05, 3.63) is 58.3 Å². The molecule has 0 saturated carbocycles. The van der Waals surface area contributed by atoms with E-state index in [0.717, 1.165) is 21.3 Å². The van der Waals surface area contributed by atoms with E-state index in [4.69, 9.17) is 10.5 Å². The zero-order chi connectivity index (χ0) is 13.0. The minimum Gasteiger partial charge on any atom is -0.489 e. The Kier molecular flexibility index (Phi) is 4.33. The predicted molar refractivity (Wildman–Crippen MR) is 75.3 cm³/mol. The van der Waals surface area contributed by atoms with Crippen molar-refractivity contribution in [2.75, 3.05) is 0 Å². The Hall–Kier alpha value is -1.39. The summed E-state index contributed by atoms with van der Waals surface area (Å²) in [6.45, 7) is 2.45. The molecule has 1 aromatic carbocycles. The quantitative estimate of drug-likeness (QED) is 0.941. The summed E-state index contributed by atoms with van der Waals surface area (Å²) in [5, 5.41) is 0. The van der Waals surface area contributed by atoms with Crippen LogP contribution in [0.1, 0.15) is 24.1 Å². The van der Waals surface area contributed by atoms with Gasteiger partial charge >= 0.3 is 0 Å². The van der Waals surface area contributed by atoms with Gasteiger partial charge in [0, 0.05) is 28.5 Å². The van der Waals surface area contributed by atoms with Gasteiger partial charge in [-0.2, -0.15) is 0 Å². The SMILES string of the molecule is C[C@H](N)c1cccc(OCc2cncc(Br)c2)c1. The maximum Gasteiger partial charge on any atom is 0.120 e. The summed E-state index contributed by atoms with van der Waals surface area (Å²) < 4.78 is 6.67. The molecule has 2 aromatic rings. The molecule has 1 atom stereocenters. The lowest BCUT2D eigenvalue weighted by Gasteiger charge is -2.10. The van der Waals surface area contributed by atoms with Crippen LogP contribution in [-0.2, 0) is 6.61 Å². The molecule has 18 heavy (non-hydrogen) atoms. The van der Waals surface area contributed by atoms with E-state index >= 15 is 0 Å². The molecule has 0 aliphatic carbocycles. The van der Waals surface area contributed by atoms with Crippen LogP contribution in [0.25, 0.3) is 0 Å². The van der Waals surface area contributed by atoms with Crippen LogP contribution >= 0.6 is 15.9 Å². The van der Waals surface area contributed by atoms with Gasteiger partial charge < -0.3 is 10.5 Å². The second-order valence-electron chi connectivity index (χ2n) is 4.16. The Morgan fingerprint density at radius 2 is 2.17 bits per heavy atom. The molecule has 0 fully saturated rings. The van der Waals surface area contributed by atoms with Gasteiger partial charge in [0.2, 0.25) is 0 Å². The van der Waals surface area contributed by atoms with E-state index in [2.05, 4.69) is 20.9 Å². The maximum atomic E-state index is 5.84. The number of benzene rings is 1. The zero-order valence-corrected chi connectivity index (χ0v) is 11.7.